The summed E-state index contributed by atoms with van der Waals surface area (Å²) in [7, 11) is 0. The molecule has 1 aliphatic carbocycles. The minimum absolute atomic E-state index is 0.131. The standard InChI is InChI=1S/C15H25NO2/c1-11-12(9-16-15(2,3)4)8-14(18-11)10-17-13-6-5-7-13/h8,13,16H,5-7,9-10H2,1-4H3. The number of furan rings is 1. The second kappa shape index (κ2) is 5.45. The van der Waals surface area contributed by atoms with Crippen LogP contribution in [0.4, 0.5) is 0 Å². The van der Waals surface area contributed by atoms with Crippen molar-refractivity contribution in [1.29, 1.82) is 0 Å². The van der Waals surface area contributed by atoms with Crippen molar-refractivity contribution < 1.29 is 9.15 Å². The van der Waals surface area contributed by atoms with Crippen molar-refractivity contribution in [2.24, 2.45) is 0 Å². The maximum Gasteiger partial charge on any atom is 0.130 e. The summed E-state index contributed by atoms with van der Waals surface area (Å²) in [6, 6.07) is 2.12. The molecule has 1 fully saturated rings. The zero-order valence-electron chi connectivity index (χ0n) is 12.0. The third kappa shape index (κ3) is 3.85. The molecule has 0 bridgehead atoms. The van der Waals surface area contributed by atoms with Crippen molar-refractivity contribution in [1.82, 2.24) is 5.32 Å². The first-order chi connectivity index (χ1) is 8.44. The smallest absolute Gasteiger partial charge is 0.130 e. The van der Waals surface area contributed by atoms with Crippen LogP contribution in [0.2, 0.25) is 0 Å². The predicted molar refractivity (Wildman–Crippen MR) is 72.5 cm³/mol. The normalized spacial score (nSPS) is 16.9. The molecule has 1 N–H and O–H groups in total. The topological polar surface area (TPSA) is 34.4 Å². The molecule has 3 heteroatoms. The molecule has 1 saturated carbocycles. The Balaban J connectivity index is 1.85. The van der Waals surface area contributed by atoms with Gasteiger partial charge in [0.1, 0.15) is 18.1 Å². The van der Waals surface area contributed by atoms with Gasteiger partial charge in [-0.15, -0.1) is 0 Å². The van der Waals surface area contributed by atoms with Gasteiger partial charge in [-0.1, -0.05) is 0 Å². The zero-order valence-corrected chi connectivity index (χ0v) is 12.0. The molecule has 1 aromatic heterocycles. The molecular formula is C15H25NO2. The predicted octanol–water partition coefficient (Wildman–Crippen LogP) is 3.55. The van der Waals surface area contributed by atoms with Crippen LogP contribution < -0.4 is 5.32 Å². The molecule has 0 radical (unpaired) electrons. The van der Waals surface area contributed by atoms with Gasteiger partial charge in [-0.25, -0.2) is 0 Å². The lowest BCUT2D eigenvalue weighted by molar-refractivity contribution is -0.0159. The van der Waals surface area contributed by atoms with E-state index in [1.807, 2.05) is 6.92 Å². The van der Waals surface area contributed by atoms with Crippen molar-refractivity contribution in [2.45, 2.75) is 71.8 Å². The average Bonchev–Trinajstić information content (AvgIpc) is 2.53. The van der Waals surface area contributed by atoms with Gasteiger partial charge < -0.3 is 14.5 Å². The molecule has 18 heavy (non-hydrogen) atoms. The summed E-state index contributed by atoms with van der Waals surface area (Å²) in [5.41, 5.74) is 1.36. The minimum Gasteiger partial charge on any atom is -0.464 e. The molecule has 102 valence electrons. The van der Waals surface area contributed by atoms with E-state index in [2.05, 4.69) is 32.2 Å². The fourth-order valence-corrected chi connectivity index (χ4v) is 1.93. The molecule has 0 aliphatic heterocycles. The molecule has 1 aliphatic rings. The summed E-state index contributed by atoms with van der Waals surface area (Å²) < 4.78 is 11.5. The lowest BCUT2D eigenvalue weighted by atomic mass is 9.96. The van der Waals surface area contributed by atoms with E-state index in [0.717, 1.165) is 18.1 Å². The van der Waals surface area contributed by atoms with E-state index in [0.29, 0.717) is 12.7 Å². The Morgan fingerprint density at radius 1 is 1.39 bits per heavy atom. The van der Waals surface area contributed by atoms with Gasteiger partial charge in [0.15, 0.2) is 0 Å². The van der Waals surface area contributed by atoms with Gasteiger partial charge in [0.2, 0.25) is 0 Å². The summed E-state index contributed by atoms with van der Waals surface area (Å²) >= 11 is 0. The minimum atomic E-state index is 0.131. The van der Waals surface area contributed by atoms with Crippen LogP contribution in [0.3, 0.4) is 0 Å². The number of rotatable bonds is 5. The summed E-state index contributed by atoms with van der Waals surface area (Å²) in [6.45, 7) is 9.99. The second-order valence-electron chi connectivity index (χ2n) is 6.26. The van der Waals surface area contributed by atoms with Crippen LogP contribution in [0.15, 0.2) is 10.5 Å². The molecule has 0 aromatic carbocycles. The molecule has 2 rings (SSSR count). The molecule has 3 nitrogen and oxygen atoms in total. The summed E-state index contributed by atoms with van der Waals surface area (Å²) in [5.74, 6) is 1.95. The maximum absolute atomic E-state index is 5.76. The summed E-state index contributed by atoms with van der Waals surface area (Å²) in [5, 5.41) is 3.48. The zero-order chi connectivity index (χ0) is 13.2. The Morgan fingerprint density at radius 3 is 2.67 bits per heavy atom. The van der Waals surface area contributed by atoms with Crippen molar-refractivity contribution in [3.63, 3.8) is 0 Å². The maximum atomic E-state index is 5.76. The number of ether oxygens (including phenoxy) is 1. The van der Waals surface area contributed by atoms with Gasteiger partial charge in [0, 0.05) is 17.6 Å². The van der Waals surface area contributed by atoms with E-state index in [9.17, 15) is 0 Å². The van der Waals surface area contributed by atoms with E-state index >= 15 is 0 Å². The van der Waals surface area contributed by atoms with Crippen LogP contribution in [-0.4, -0.2) is 11.6 Å². The van der Waals surface area contributed by atoms with Gasteiger partial charge in [-0.05, 0) is 53.0 Å². The van der Waals surface area contributed by atoms with Crippen LogP contribution in [0.25, 0.3) is 0 Å². The first-order valence-electron chi connectivity index (χ1n) is 6.89. The molecule has 1 heterocycles. The first-order valence-corrected chi connectivity index (χ1v) is 6.89. The Bertz CT molecular complexity index is 386. The van der Waals surface area contributed by atoms with Crippen LogP contribution in [0.1, 0.15) is 57.1 Å². The quantitative estimate of drug-likeness (QED) is 0.869. The van der Waals surface area contributed by atoms with Gasteiger partial charge in [0.05, 0.1) is 6.10 Å². The highest BCUT2D eigenvalue weighted by Crippen LogP contribution is 2.24. The third-order valence-corrected chi connectivity index (χ3v) is 3.39. The van der Waals surface area contributed by atoms with E-state index in [-0.39, 0.29) is 5.54 Å². The van der Waals surface area contributed by atoms with Gasteiger partial charge >= 0.3 is 0 Å². The Morgan fingerprint density at radius 2 is 2.11 bits per heavy atom. The molecule has 0 unspecified atom stereocenters. The Labute approximate surface area is 110 Å². The summed E-state index contributed by atoms with van der Waals surface area (Å²) in [4.78, 5) is 0. The van der Waals surface area contributed by atoms with Crippen LogP contribution in [0.5, 0.6) is 0 Å². The van der Waals surface area contributed by atoms with E-state index in [1.165, 1.54) is 24.8 Å². The number of nitrogens with one attached hydrogen (secondary N) is 1. The van der Waals surface area contributed by atoms with Gasteiger partial charge in [0.25, 0.3) is 0 Å². The Hall–Kier alpha value is -0.800. The monoisotopic (exact) mass is 251 g/mol. The highest BCUT2D eigenvalue weighted by Gasteiger charge is 2.19. The molecular weight excluding hydrogens is 226 g/mol. The molecule has 0 amide bonds. The third-order valence-electron chi connectivity index (χ3n) is 3.39. The van der Waals surface area contributed by atoms with Crippen molar-refractivity contribution in [2.75, 3.05) is 0 Å². The van der Waals surface area contributed by atoms with Gasteiger partial charge in [-0.2, -0.15) is 0 Å². The molecule has 0 saturated heterocycles. The van der Waals surface area contributed by atoms with E-state index in [4.69, 9.17) is 9.15 Å². The van der Waals surface area contributed by atoms with Crippen molar-refractivity contribution in [3.05, 3.63) is 23.2 Å². The highest BCUT2D eigenvalue weighted by atomic mass is 16.5. The fourth-order valence-electron chi connectivity index (χ4n) is 1.93. The van der Waals surface area contributed by atoms with E-state index < -0.39 is 0 Å². The lowest BCUT2D eigenvalue weighted by Gasteiger charge is -2.24. The average molecular weight is 251 g/mol. The number of aryl methyl sites for hydroxylation is 1. The van der Waals surface area contributed by atoms with Crippen LogP contribution >= 0.6 is 0 Å². The van der Waals surface area contributed by atoms with Gasteiger partial charge in [-0.3, -0.25) is 0 Å². The lowest BCUT2D eigenvalue weighted by Crippen LogP contribution is -2.35. The number of hydrogen-bond donors (Lipinski definition) is 1. The second-order valence-corrected chi connectivity index (χ2v) is 6.26. The SMILES string of the molecule is Cc1oc(COC2CCC2)cc1CNC(C)(C)C. The molecule has 1 aromatic rings. The Kier molecular flexibility index (Phi) is 4.13. The first kappa shape index (κ1) is 13.6. The molecule has 0 spiro atoms. The van der Waals surface area contributed by atoms with Crippen LogP contribution in [-0.2, 0) is 17.9 Å². The van der Waals surface area contributed by atoms with Crippen LogP contribution in [0, 0.1) is 6.92 Å². The van der Waals surface area contributed by atoms with Crippen molar-refractivity contribution >= 4 is 0 Å². The van der Waals surface area contributed by atoms with E-state index in [1.54, 1.807) is 0 Å². The van der Waals surface area contributed by atoms with Crippen molar-refractivity contribution in [3.8, 4) is 0 Å². The number of hydrogen-bond acceptors (Lipinski definition) is 3. The largest absolute Gasteiger partial charge is 0.464 e. The molecule has 0 atom stereocenters. The fraction of sp³-hybridized carbons (Fsp3) is 0.733. The highest BCUT2D eigenvalue weighted by molar-refractivity contribution is 5.20. The summed E-state index contributed by atoms with van der Waals surface area (Å²) in [6.07, 6.45) is 4.19.